The van der Waals surface area contributed by atoms with Gasteiger partial charge in [0.2, 0.25) is 0 Å². The van der Waals surface area contributed by atoms with Crippen molar-refractivity contribution in [1.29, 1.82) is 0 Å². The first-order valence-corrected chi connectivity index (χ1v) is 10.4. The van der Waals surface area contributed by atoms with Crippen LogP contribution in [0.15, 0.2) is 73.1 Å². The van der Waals surface area contributed by atoms with Gasteiger partial charge in [-0.2, -0.15) is 0 Å². The minimum Gasteiger partial charge on any atom is -0.305 e. The number of aryl methyl sites for hydroxylation is 1. The molecule has 0 bridgehead atoms. The van der Waals surface area contributed by atoms with Crippen molar-refractivity contribution in [3.63, 3.8) is 0 Å². The number of carbonyl (C=O) groups excluding carboxylic acids is 1. The van der Waals surface area contributed by atoms with Crippen LogP contribution in [0.4, 0.5) is 10.1 Å². The van der Waals surface area contributed by atoms with E-state index in [0.29, 0.717) is 5.56 Å². The molecule has 0 atom stereocenters. The molecule has 0 aliphatic carbocycles. The molecule has 4 nitrogen and oxygen atoms in total. The summed E-state index contributed by atoms with van der Waals surface area (Å²) in [6.45, 7) is 4.67. The Labute approximate surface area is 177 Å². The van der Waals surface area contributed by atoms with E-state index < -0.39 is 0 Å². The maximum atomic E-state index is 13.5. The van der Waals surface area contributed by atoms with Crippen LogP contribution in [0.2, 0.25) is 0 Å². The van der Waals surface area contributed by atoms with E-state index in [-0.39, 0.29) is 17.8 Å². The lowest BCUT2D eigenvalue weighted by atomic mass is 10.00. The Kier molecular flexibility index (Phi) is 6.19. The average Bonchev–Trinajstić information content (AvgIpc) is 2.77. The Balaban J connectivity index is 1.52. The number of amides is 1. The van der Waals surface area contributed by atoms with Gasteiger partial charge < -0.3 is 4.90 Å². The molecule has 1 saturated heterocycles. The zero-order chi connectivity index (χ0) is 20.9. The predicted molar refractivity (Wildman–Crippen MR) is 117 cm³/mol. The van der Waals surface area contributed by atoms with Gasteiger partial charge in [0.25, 0.3) is 5.91 Å². The second-order valence-electron chi connectivity index (χ2n) is 7.89. The van der Waals surface area contributed by atoms with Gasteiger partial charge in [0.15, 0.2) is 0 Å². The molecule has 2 heterocycles. The highest BCUT2D eigenvalue weighted by Gasteiger charge is 2.30. The van der Waals surface area contributed by atoms with Crippen LogP contribution in [-0.4, -0.2) is 34.9 Å². The van der Waals surface area contributed by atoms with E-state index in [4.69, 9.17) is 0 Å². The van der Waals surface area contributed by atoms with Gasteiger partial charge in [0, 0.05) is 49.3 Å². The second-order valence-corrected chi connectivity index (χ2v) is 7.89. The van der Waals surface area contributed by atoms with Crippen LogP contribution in [0, 0.1) is 12.7 Å². The fraction of sp³-hybridized carbons (Fsp3) is 0.280. The summed E-state index contributed by atoms with van der Waals surface area (Å²) < 4.78 is 13.5. The van der Waals surface area contributed by atoms with Gasteiger partial charge in [0.1, 0.15) is 5.82 Å². The average molecular weight is 404 g/mol. The Bertz CT molecular complexity index is 966. The molecule has 0 spiro atoms. The van der Waals surface area contributed by atoms with Gasteiger partial charge in [-0.15, -0.1) is 0 Å². The fourth-order valence-corrected chi connectivity index (χ4v) is 4.02. The molecular weight excluding hydrogens is 377 g/mol. The molecule has 2 aromatic carbocycles. The Hall–Kier alpha value is -3.05. The third kappa shape index (κ3) is 4.74. The molecule has 0 unspecified atom stereocenters. The lowest BCUT2D eigenvalue weighted by Crippen LogP contribution is -2.47. The molecule has 30 heavy (non-hydrogen) atoms. The molecule has 4 rings (SSSR count). The largest absolute Gasteiger partial charge is 0.305 e. The Morgan fingerprint density at radius 3 is 2.40 bits per heavy atom. The van der Waals surface area contributed by atoms with Gasteiger partial charge in [-0.25, -0.2) is 4.39 Å². The van der Waals surface area contributed by atoms with Crippen molar-refractivity contribution in [1.82, 2.24) is 9.88 Å². The van der Waals surface area contributed by atoms with Crippen LogP contribution >= 0.6 is 0 Å². The highest BCUT2D eigenvalue weighted by atomic mass is 19.1. The topological polar surface area (TPSA) is 36.4 Å². The highest BCUT2D eigenvalue weighted by molar-refractivity contribution is 6.06. The van der Waals surface area contributed by atoms with Gasteiger partial charge in [-0.1, -0.05) is 23.8 Å². The van der Waals surface area contributed by atoms with Crippen molar-refractivity contribution in [3.05, 3.63) is 95.6 Å². The van der Waals surface area contributed by atoms with Crippen LogP contribution in [0.5, 0.6) is 0 Å². The first-order chi connectivity index (χ1) is 14.6. The minimum absolute atomic E-state index is 0.0349. The van der Waals surface area contributed by atoms with E-state index >= 15 is 0 Å². The third-order valence-corrected chi connectivity index (χ3v) is 5.67. The van der Waals surface area contributed by atoms with E-state index in [0.717, 1.165) is 43.7 Å². The maximum absolute atomic E-state index is 13.5. The van der Waals surface area contributed by atoms with Crippen LogP contribution in [0.1, 0.15) is 34.3 Å². The molecule has 3 aromatic rings. The smallest absolute Gasteiger partial charge is 0.258 e. The van der Waals surface area contributed by atoms with Crippen molar-refractivity contribution in [2.45, 2.75) is 32.4 Å². The molecule has 0 radical (unpaired) electrons. The van der Waals surface area contributed by atoms with Crippen molar-refractivity contribution < 1.29 is 9.18 Å². The summed E-state index contributed by atoms with van der Waals surface area (Å²) in [5.41, 5.74) is 3.71. The summed E-state index contributed by atoms with van der Waals surface area (Å²) in [7, 11) is 0. The number of halogens is 1. The van der Waals surface area contributed by atoms with E-state index in [1.54, 1.807) is 18.3 Å². The van der Waals surface area contributed by atoms with Gasteiger partial charge in [-0.3, -0.25) is 14.7 Å². The number of aromatic nitrogens is 1. The van der Waals surface area contributed by atoms with Crippen LogP contribution < -0.4 is 4.90 Å². The fourth-order valence-electron chi connectivity index (χ4n) is 4.02. The number of hydrogen-bond donors (Lipinski definition) is 0. The molecule has 1 aromatic heterocycles. The third-order valence-electron chi connectivity index (χ3n) is 5.67. The number of nitrogens with zero attached hydrogens (tertiary/aromatic N) is 3. The predicted octanol–water partition coefficient (Wildman–Crippen LogP) is 4.84. The number of pyridine rings is 1. The molecule has 0 saturated carbocycles. The maximum Gasteiger partial charge on any atom is 0.258 e. The summed E-state index contributed by atoms with van der Waals surface area (Å²) in [4.78, 5) is 21.9. The number of carbonyl (C=O) groups is 1. The standard InChI is InChI=1S/C25H26FN3O/c1-19-4-6-21(7-5-19)25(30)29(23-10-8-22(26)9-11-23)24-12-15-28(16-13-24)18-20-3-2-14-27-17-20/h2-11,14,17,24H,12-13,15-16,18H2,1H3. The quantitative estimate of drug-likeness (QED) is 0.612. The monoisotopic (exact) mass is 403 g/mol. The number of rotatable bonds is 5. The SMILES string of the molecule is Cc1ccc(C(=O)N(c2ccc(F)cc2)C2CCN(Cc3cccnc3)CC2)cc1. The van der Waals surface area contributed by atoms with E-state index in [1.807, 2.05) is 48.4 Å². The molecule has 1 aliphatic rings. The summed E-state index contributed by atoms with van der Waals surface area (Å²) in [6, 6.07) is 18.0. The molecule has 1 aliphatic heterocycles. The molecule has 0 N–H and O–H groups in total. The van der Waals surface area contributed by atoms with Crippen molar-refractivity contribution in [3.8, 4) is 0 Å². The molecule has 1 amide bonds. The first kappa shape index (κ1) is 20.2. The van der Waals surface area contributed by atoms with E-state index in [9.17, 15) is 9.18 Å². The second kappa shape index (κ2) is 9.18. The van der Waals surface area contributed by atoms with Crippen molar-refractivity contribution in [2.24, 2.45) is 0 Å². The number of hydrogen-bond acceptors (Lipinski definition) is 3. The van der Waals surface area contributed by atoms with Gasteiger partial charge in [-0.05, 0) is 67.8 Å². The summed E-state index contributed by atoms with van der Waals surface area (Å²) in [5.74, 6) is -0.333. The van der Waals surface area contributed by atoms with Gasteiger partial charge >= 0.3 is 0 Å². The van der Waals surface area contributed by atoms with Crippen molar-refractivity contribution >= 4 is 11.6 Å². The highest BCUT2D eigenvalue weighted by Crippen LogP contribution is 2.27. The molecule has 5 heteroatoms. The molecule has 1 fully saturated rings. The van der Waals surface area contributed by atoms with Crippen molar-refractivity contribution in [2.75, 3.05) is 18.0 Å². The summed E-state index contributed by atoms with van der Waals surface area (Å²) in [5, 5.41) is 0. The van der Waals surface area contributed by atoms with Crippen LogP contribution in [0.3, 0.4) is 0 Å². The van der Waals surface area contributed by atoms with E-state index in [2.05, 4.69) is 16.0 Å². The zero-order valence-corrected chi connectivity index (χ0v) is 17.2. The Morgan fingerprint density at radius 1 is 1.07 bits per heavy atom. The Morgan fingerprint density at radius 2 is 1.77 bits per heavy atom. The lowest BCUT2D eigenvalue weighted by Gasteiger charge is -2.38. The number of likely N-dealkylation sites (tertiary alicyclic amines) is 1. The first-order valence-electron chi connectivity index (χ1n) is 10.4. The van der Waals surface area contributed by atoms with Crippen LogP contribution in [-0.2, 0) is 6.54 Å². The van der Waals surface area contributed by atoms with Gasteiger partial charge in [0.05, 0.1) is 0 Å². The molecule has 154 valence electrons. The number of anilines is 1. The summed E-state index contributed by atoms with van der Waals surface area (Å²) >= 11 is 0. The number of piperidine rings is 1. The van der Waals surface area contributed by atoms with E-state index in [1.165, 1.54) is 17.7 Å². The normalized spacial score (nSPS) is 15.1. The minimum atomic E-state index is -0.298. The summed E-state index contributed by atoms with van der Waals surface area (Å²) in [6.07, 6.45) is 5.43. The van der Waals surface area contributed by atoms with Crippen LogP contribution in [0.25, 0.3) is 0 Å². The zero-order valence-electron chi connectivity index (χ0n) is 17.2. The number of benzene rings is 2. The lowest BCUT2D eigenvalue weighted by molar-refractivity contribution is 0.0958. The molecular formula is C25H26FN3O.